The van der Waals surface area contributed by atoms with Crippen molar-refractivity contribution in [1.29, 1.82) is 0 Å². The van der Waals surface area contributed by atoms with Gasteiger partial charge in [0.1, 0.15) is 18.2 Å². The summed E-state index contributed by atoms with van der Waals surface area (Å²) in [5, 5.41) is 26.9. The third-order valence-corrected chi connectivity index (χ3v) is 6.92. The maximum absolute atomic E-state index is 13.1. The number of aliphatic hydroxyl groups is 2. The summed E-state index contributed by atoms with van der Waals surface area (Å²) in [6, 6.07) is 8.64. The molecule has 1 aromatic rings. The molecule has 0 saturated heterocycles. The lowest BCUT2D eigenvalue weighted by Gasteiger charge is -2.42. The van der Waals surface area contributed by atoms with Crippen LogP contribution >= 0.6 is 0 Å². The minimum absolute atomic E-state index is 0.00850. The quantitative estimate of drug-likeness (QED) is 0.278. The van der Waals surface area contributed by atoms with Gasteiger partial charge in [0.25, 0.3) is 0 Å². The van der Waals surface area contributed by atoms with E-state index in [9.17, 15) is 24.6 Å². The third-order valence-electron chi connectivity index (χ3n) is 6.92. The van der Waals surface area contributed by atoms with Crippen molar-refractivity contribution in [2.45, 2.75) is 103 Å². The van der Waals surface area contributed by atoms with Crippen LogP contribution in [0.2, 0.25) is 0 Å². The Kier molecular flexibility index (Phi) is 11.7. The smallest absolute Gasteiger partial charge is 0.408 e. The van der Waals surface area contributed by atoms with Crippen molar-refractivity contribution < 1.29 is 29.3 Å². The van der Waals surface area contributed by atoms with E-state index in [0.717, 1.165) is 24.8 Å². The van der Waals surface area contributed by atoms with Crippen molar-refractivity contribution in [2.24, 2.45) is 17.6 Å². The van der Waals surface area contributed by atoms with Gasteiger partial charge in [-0.05, 0) is 37.2 Å². The second kappa shape index (κ2) is 14.2. The number of primary amides is 1. The summed E-state index contributed by atoms with van der Waals surface area (Å²) in [5.41, 5.74) is 4.96. The highest BCUT2D eigenvalue weighted by Gasteiger charge is 2.51. The minimum Gasteiger partial charge on any atom is -0.445 e. The number of alkyl carbamates (subject to hydrolysis) is 1. The van der Waals surface area contributed by atoms with Gasteiger partial charge in [-0.1, -0.05) is 76.8 Å². The van der Waals surface area contributed by atoms with Crippen molar-refractivity contribution >= 4 is 17.9 Å². The molecule has 0 aromatic heterocycles. The Labute approximate surface area is 214 Å². The Morgan fingerprint density at radius 1 is 1.17 bits per heavy atom. The first-order chi connectivity index (χ1) is 17.1. The Morgan fingerprint density at radius 3 is 2.42 bits per heavy atom. The van der Waals surface area contributed by atoms with Crippen molar-refractivity contribution in [3.8, 4) is 0 Å². The van der Waals surface area contributed by atoms with Crippen LogP contribution in [-0.2, 0) is 20.9 Å². The van der Waals surface area contributed by atoms with Gasteiger partial charge in [-0.3, -0.25) is 9.59 Å². The normalized spacial score (nSPS) is 21.2. The second-order valence-electron chi connectivity index (χ2n) is 10.3. The summed E-state index contributed by atoms with van der Waals surface area (Å²) in [4.78, 5) is 39.0. The van der Waals surface area contributed by atoms with Crippen LogP contribution in [0.15, 0.2) is 30.3 Å². The van der Waals surface area contributed by atoms with E-state index in [2.05, 4.69) is 10.6 Å². The number of amides is 3. The molecule has 1 unspecified atom stereocenters. The van der Waals surface area contributed by atoms with Crippen LogP contribution in [0.5, 0.6) is 0 Å². The Bertz CT molecular complexity index is 849. The number of benzene rings is 1. The number of carbonyl (C=O) groups is 3. The van der Waals surface area contributed by atoms with Gasteiger partial charge < -0.3 is 31.3 Å². The molecule has 36 heavy (non-hydrogen) atoms. The zero-order chi connectivity index (χ0) is 26.7. The molecule has 0 heterocycles. The lowest BCUT2D eigenvalue weighted by molar-refractivity contribution is -0.141. The topological polar surface area (TPSA) is 151 Å². The first-order valence-corrected chi connectivity index (χ1v) is 13.1. The fraction of sp³-hybridized carbons (Fsp3) is 0.667. The molecule has 9 heteroatoms. The summed E-state index contributed by atoms with van der Waals surface area (Å²) >= 11 is 0. The van der Waals surface area contributed by atoms with Crippen LogP contribution < -0.4 is 16.4 Å². The van der Waals surface area contributed by atoms with Gasteiger partial charge in [0.2, 0.25) is 11.8 Å². The lowest BCUT2D eigenvalue weighted by atomic mass is 9.71. The van der Waals surface area contributed by atoms with Crippen LogP contribution in [0, 0.1) is 11.8 Å². The average molecular weight is 506 g/mol. The number of ether oxygens (including phenoxy) is 1. The molecule has 0 radical (unpaired) electrons. The number of hydrogen-bond donors (Lipinski definition) is 5. The molecule has 6 N–H and O–H groups in total. The predicted molar refractivity (Wildman–Crippen MR) is 137 cm³/mol. The summed E-state index contributed by atoms with van der Waals surface area (Å²) < 4.78 is 5.37. The molecule has 0 spiro atoms. The van der Waals surface area contributed by atoms with E-state index in [0.29, 0.717) is 19.3 Å². The summed E-state index contributed by atoms with van der Waals surface area (Å²) in [5.74, 6) is -2.59. The number of rotatable bonds is 13. The molecule has 0 bridgehead atoms. The summed E-state index contributed by atoms with van der Waals surface area (Å²) in [7, 11) is 0. The highest BCUT2D eigenvalue weighted by molar-refractivity contribution is 5.91. The molecule has 1 aliphatic carbocycles. The van der Waals surface area contributed by atoms with Gasteiger partial charge in [-0.25, -0.2) is 4.79 Å². The van der Waals surface area contributed by atoms with E-state index in [1.807, 2.05) is 39.0 Å². The standard InChI is InChI=1S/C27H43N3O6/c1-4-5-13-20(23(32)24(33)29-21-14-9-10-15-22(21)31)27(25(28)34,16-18(2)3)30-26(35)36-17-19-11-7-6-8-12-19/h6-8,11-12,18,20-23,31-32H,4-5,9-10,13-17H2,1-3H3,(H2,28,34)(H,29,33)(H,30,35)/t20-,21+,22+,23+,27?/m1/s1. The Morgan fingerprint density at radius 2 is 1.83 bits per heavy atom. The molecule has 202 valence electrons. The predicted octanol–water partition coefficient (Wildman–Crippen LogP) is 2.77. The number of aliphatic hydroxyl groups excluding tert-OH is 2. The van der Waals surface area contributed by atoms with E-state index in [1.54, 1.807) is 12.1 Å². The molecule has 1 aromatic carbocycles. The molecule has 1 saturated carbocycles. The highest BCUT2D eigenvalue weighted by atomic mass is 16.5. The third kappa shape index (κ3) is 8.20. The van der Waals surface area contributed by atoms with Crippen LogP contribution in [-0.4, -0.2) is 51.9 Å². The van der Waals surface area contributed by atoms with E-state index >= 15 is 0 Å². The van der Waals surface area contributed by atoms with E-state index in [4.69, 9.17) is 10.5 Å². The Balaban J connectivity index is 2.30. The van der Waals surface area contributed by atoms with Gasteiger partial charge in [-0.2, -0.15) is 0 Å². The fourth-order valence-electron chi connectivity index (χ4n) is 5.05. The summed E-state index contributed by atoms with van der Waals surface area (Å²) in [6.45, 7) is 5.69. The highest BCUT2D eigenvalue weighted by Crippen LogP contribution is 2.33. The molecular weight excluding hydrogens is 462 g/mol. The number of nitrogens with two attached hydrogens (primary N) is 1. The molecule has 5 atom stereocenters. The molecule has 9 nitrogen and oxygen atoms in total. The minimum atomic E-state index is -1.71. The van der Waals surface area contributed by atoms with Crippen LogP contribution in [0.3, 0.4) is 0 Å². The van der Waals surface area contributed by atoms with E-state index < -0.39 is 47.6 Å². The summed E-state index contributed by atoms with van der Waals surface area (Å²) in [6.07, 6.45) is 1.53. The Hall–Kier alpha value is -2.65. The molecule has 1 aliphatic rings. The van der Waals surface area contributed by atoms with E-state index in [-0.39, 0.29) is 25.4 Å². The molecular formula is C27H43N3O6. The van der Waals surface area contributed by atoms with Gasteiger partial charge in [0.15, 0.2) is 0 Å². The monoisotopic (exact) mass is 505 g/mol. The van der Waals surface area contributed by atoms with Crippen molar-refractivity contribution in [2.75, 3.05) is 0 Å². The number of hydrogen-bond acceptors (Lipinski definition) is 6. The number of nitrogens with one attached hydrogen (secondary N) is 2. The van der Waals surface area contributed by atoms with Crippen molar-refractivity contribution in [1.82, 2.24) is 10.6 Å². The second-order valence-corrected chi connectivity index (χ2v) is 10.3. The SMILES string of the molecule is CCCC[C@H]([C@H](O)C(=O)N[C@H]1CCCC[C@@H]1O)C(CC(C)C)(NC(=O)OCc1ccccc1)C(N)=O. The lowest BCUT2D eigenvalue weighted by Crippen LogP contribution is -2.66. The van der Waals surface area contributed by atoms with Gasteiger partial charge in [0.05, 0.1) is 12.1 Å². The maximum Gasteiger partial charge on any atom is 0.408 e. The first kappa shape index (κ1) is 29.6. The fourth-order valence-corrected chi connectivity index (χ4v) is 5.05. The largest absolute Gasteiger partial charge is 0.445 e. The number of unbranched alkanes of at least 4 members (excludes halogenated alkanes) is 1. The first-order valence-electron chi connectivity index (χ1n) is 13.1. The van der Waals surface area contributed by atoms with E-state index in [1.165, 1.54) is 0 Å². The van der Waals surface area contributed by atoms with Gasteiger partial charge >= 0.3 is 6.09 Å². The zero-order valence-electron chi connectivity index (χ0n) is 21.7. The molecule has 3 amide bonds. The molecule has 1 fully saturated rings. The molecule has 0 aliphatic heterocycles. The van der Waals surface area contributed by atoms with Crippen LogP contribution in [0.4, 0.5) is 4.79 Å². The zero-order valence-corrected chi connectivity index (χ0v) is 21.7. The maximum atomic E-state index is 13.1. The van der Waals surface area contributed by atoms with Gasteiger partial charge in [0, 0.05) is 5.92 Å². The van der Waals surface area contributed by atoms with Gasteiger partial charge in [-0.15, -0.1) is 0 Å². The molecule has 2 rings (SSSR count). The van der Waals surface area contributed by atoms with Crippen LogP contribution in [0.1, 0.15) is 77.7 Å². The van der Waals surface area contributed by atoms with Crippen LogP contribution in [0.25, 0.3) is 0 Å². The number of carbonyl (C=O) groups excluding carboxylic acids is 3. The van der Waals surface area contributed by atoms with Crippen molar-refractivity contribution in [3.63, 3.8) is 0 Å². The average Bonchev–Trinajstić information content (AvgIpc) is 2.84. The van der Waals surface area contributed by atoms with Crippen molar-refractivity contribution in [3.05, 3.63) is 35.9 Å².